The standard InChI is InChI=1S/C16H10ClF4N3O6/c17-8-2-1-3-9(18)14(8)10(6-13(25)26)22-15-11(23(27)28)4-7(16(19,20)21)5-12(15)24(29)30/h1-5,10,22H,6H2,(H,25,26). The van der Waals surface area contributed by atoms with Crippen molar-refractivity contribution in [2.45, 2.75) is 18.6 Å². The molecule has 2 rings (SSSR count). The number of carbonyl (C=O) groups is 1. The Morgan fingerprint density at radius 3 is 2.10 bits per heavy atom. The molecule has 0 aliphatic carbocycles. The maximum Gasteiger partial charge on any atom is 0.416 e. The van der Waals surface area contributed by atoms with Crippen molar-refractivity contribution in [3.05, 3.63) is 72.5 Å². The number of nitro benzene ring substituents is 2. The van der Waals surface area contributed by atoms with Gasteiger partial charge in [0, 0.05) is 22.7 Å². The van der Waals surface area contributed by atoms with E-state index in [9.17, 15) is 42.6 Å². The fraction of sp³-hybridized carbons (Fsp3) is 0.188. The van der Waals surface area contributed by atoms with Gasteiger partial charge in [-0.05, 0) is 12.1 Å². The number of hydrogen-bond donors (Lipinski definition) is 2. The van der Waals surface area contributed by atoms with Gasteiger partial charge < -0.3 is 10.4 Å². The predicted molar refractivity (Wildman–Crippen MR) is 94.8 cm³/mol. The summed E-state index contributed by atoms with van der Waals surface area (Å²) in [5, 5.41) is 33.5. The fourth-order valence-corrected chi connectivity index (χ4v) is 2.92. The van der Waals surface area contributed by atoms with Gasteiger partial charge in [-0.3, -0.25) is 25.0 Å². The lowest BCUT2D eigenvalue weighted by atomic mass is 10.0. The van der Waals surface area contributed by atoms with E-state index < -0.39 is 68.5 Å². The van der Waals surface area contributed by atoms with Crippen LogP contribution in [0.5, 0.6) is 0 Å². The minimum Gasteiger partial charge on any atom is -0.481 e. The van der Waals surface area contributed by atoms with Gasteiger partial charge in [-0.15, -0.1) is 0 Å². The van der Waals surface area contributed by atoms with Gasteiger partial charge in [-0.2, -0.15) is 13.2 Å². The smallest absolute Gasteiger partial charge is 0.416 e. The van der Waals surface area contributed by atoms with E-state index in [1.807, 2.05) is 0 Å². The van der Waals surface area contributed by atoms with Crippen molar-refractivity contribution in [3.63, 3.8) is 0 Å². The van der Waals surface area contributed by atoms with Crippen LogP contribution in [0.15, 0.2) is 30.3 Å². The van der Waals surface area contributed by atoms with Gasteiger partial charge in [0.15, 0.2) is 5.69 Å². The van der Waals surface area contributed by atoms with E-state index in [1.165, 1.54) is 12.1 Å². The van der Waals surface area contributed by atoms with E-state index in [4.69, 9.17) is 16.7 Å². The Morgan fingerprint density at radius 1 is 1.17 bits per heavy atom. The van der Waals surface area contributed by atoms with Crippen LogP contribution in [-0.4, -0.2) is 20.9 Å². The van der Waals surface area contributed by atoms with Crippen LogP contribution in [0, 0.1) is 26.0 Å². The number of nitrogens with one attached hydrogen (secondary N) is 1. The Hall–Kier alpha value is -3.48. The van der Waals surface area contributed by atoms with E-state index >= 15 is 0 Å². The number of benzene rings is 2. The first-order valence-electron chi connectivity index (χ1n) is 7.79. The van der Waals surface area contributed by atoms with Gasteiger partial charge in [0.25, 0.3) is 11.4 Å². The predicted octanol–water partition coefficient (Wildman–Crippen LogP) is 4.94. The largest absolute Gasteiger partial charge is 0.481 e. The summed E-state index contributed by atoms with van der Waals surface area (Å²) in [6, 6.07) is 1.68. The third kappa shape index (κ3) is 4.92. The Balaban J connectivity index is 2.74. The van der Waals surface area contributed by atoms with Crippen LogP contribution in [0.1, 0.15) is 23.6 Å². The Labute approximate surface area is 169 Å². The normalized spacial score (nSPS) is 12.3. The second-order valence-electron chi connectivity index (χ2n) is 5.83. The van der Waals surface area contributed by atoms with Crippen molar-refractivity contribution in [2.24, 2.45) is 0 Å². The molecular weight excluding hydrogens is 442 g/mol. The number of rotatable bonds is 7. The maximum absolute atomic E-state index is 14.3. The molecule has 9 nitrogen and oxygen atoms in total. The Kier molecular flexibility index (Phi) is 6.45. The second-order valence-corrected chi connectivity index (χ2v) is 6.24. The first-order valence-corrected chi connectivity index (χ1v) is 8.17. The number of nitrogens with zero attached hydrogens (tertiary/aromatic N) is 2. The van der Waals surface area contributed by atoms with Crippen molar-refractivity contribution < 1.29 is 37.3 Å². The fourth-order valence-electron chi connectivity index (χ4n) is 2.63. The number of halogens is 5. The molecule has 0 aromatic heterocycles. The van der Waals surface area contributed by atoms with Gasteiger partial charge in [-0.25, -0.2) is 4.39 Å². The third-order valence-electron chi connectivity index (χ3n) is 3.86. The van der Waals surface area contributed by atoms with Gasteiger partial charge in [0.2, 0.25) is 0 Å². The van der Waals surface area contributed by atoms with Crippen molar-refractivity contribution in [1.82, 2.24) is 0 Å². The van der Waals surface area contributed by atoms with Crippen LogP contribution >= 0.6 is 11.6 Å². The summed E-state index contributed by atoms with van der Waals surface area (Å²) in [5.74, 6) is -2.57. The summed E-state index contributed by atoms with van der Waals surface area (Å²) in [7, 11) is 0. The zero-order valence-electron chi connectivity index (χ0n) is 14.4. The summed E-state index contributed by atoms with van der Waals surface area (Å²) in [4.78, 5) is 31.2. The molecule has 0 aliphatic rings. The highest BCUT2D eigenvalue weighted by molar-refractivity contribution is 6.31. The number of carboxylic acids is 1. The molecule has 0 aliphatic heterocycles. The lowest BCUT2D eigenvalue weighted by Gasteiger charge is -2.21. The zero-order chi connectivity index (χ0) is 22.8. The third-order valence-corrected chi connectivity index (χ3v) is 4.19. The maximum atomic E-state index is 14.3. The van der Waals surface area contributed by atoms with E-state index in [1.54, 1.807) is 0 Å². The highest BCUT2D eigenvalue weighted by Gasteiger charge is 2.38. The Bertz CT molecular complexity index is 975. The summed E-state index contributed by atoms with van der Waals surface area (Å²) >= 11 is 5.87. The SMILES string of the molecule is O=C(O)CC(Nc1c([N+](=O)[O-])cc(C(F)(F)F)cc1[N+](=O)[O-])c1c(F)cccc1Cl. The summed E-state index contributed by atoms with van der Waals surface area (Å²) in [6.07, 6.45) is -6.08. The van der Waals surface area contributed by atoms with E-state index in [-0.39, 0.29) is 17.2 Å². The molecule has 2 aromatic rings. The van der Waals surface area contributed by atoms with Gasteiger partial charge in [0.1, 0.15) is 5.82 Å². The topological polar surface area (TPSA) is 136 Å². The average Bonchev–Trinajstić information content (AvgIpc) is 2.59. The van der Waals surface area contributed by atoms with Crippen molar-refractivity contribution in [3.8, 4) is 0 Å². The molecule has 2 aromatic carbocycles. The first-order chi connectivity index (χ1) is 13.8. The number of anilines is 1. The van der Waals surface area contributed by atoms with Crippen LogP contribution in [0.4, 0.5) is 34.6 Å². The van der Waals surface area contributed by atoms with E-state index in [0.29, 0.717) is 0 Å². The lowest BCUT2D eigenvalue weighted by molar-refractivity contribution is -0.392. The molecule has 30 heavy (non-hydrogen) atoms. The molecule has 1 unspecified atom stereocenters. The van der Waals surface area contributed by atoms with Crippen LogP contribution < -0.4 is 5.32 Å². The number of aliphatic carboxylic acids is 1. The van der Waals surface area contributed by atoms with Crippen molar-refractivity contribution >= 4 is 34.6 Å². The van der Waals surface area contributed by atoms with E-state index in [0.717, 1.165) is 6.07 Å². The molecule has 160 valence electrons. The quantitative estimate of drug-likeness (QED) is 0.345. The molecule has 0 radical (unpaired) electrons. The van der Waals surface area contributed by atoms with Crippen molar-refractivity contribution in [2.75, 3.05) is 5.32 Å². The molecule has 0 amide bonds. The van der Waals surface area contributed by atoms with Crippen molar-refractivity contribution in [1.29, 1.82) is 0 Å². The number of nitro groups is 2. The number of hydrogen-bond acceptors (Lipinski definition) is 6. The minimum absolute atomic E-state index is 0.0517. The molecule has 0 saturated carbocycles. The molecule has 0 fully saturated rings. The lowest BCUT2D eigenvalue weighted by Crippen LogP contribution is -2.19. The van der Waals surface area contributed by atoms with Gasteiger partial charge in [-0.1, -0.05) is 17.7 Å². The summed E-state index contributed by atoms with van der Waals surface area (Å²) < 4.78 is 53.3. The van der Waals surface area contributed by atoms with Crippen LogP contribution in [0.25, 0.3) is 0 Å². The van der Waals surface area contributed by atoms with Crippen LogP contribution in [-0.2, 0) is 11.0 Å². The number of carboxylic acid groups (broad SMARTS) is 1. The van der Waals surface area contributed by atoms with Gasteiger partial charge >= 0.3 is 12.1 Å². The molecule has 0 heterocycles. The average molecular weight is 452 g/mol. The van der Waals surface area contributed by atoms with Crippen LogP contribution in [0.2, 0.25) is 5.02 Å². The summed E-state index contributed by atoms with van der Waals surface area (Å²) in [5.41, 5.74) is -5.86. The molecule has 0 spiro atoms. The van der Waals surface area contributed by atoms with E-state index in [2.05, 4.69) is 5.32 Å². The Morgan fingerprint density at radius 2 is 1.70 bits per heavy atom. The first kappa shape index (κ1) is 22.8. The molecule has 0 bridgehead atoms. The highest BCUT2D eigenvalue weighted by Crippen LogP contribution is 2.43. The van der Waals surface area contributed by atoms with Crippen LogP contribution in [0.3, 0.4) is 0 Å². The number of alkyl halides is 3. The second kappa shape index (κ2) is 8.49. The van der Waals surface area contributed by atoms with Gasteiger partial charge in [0.05, 0.1) is 27.9 Å². The molecule has 14 heteroatoms. The zero-order valence-corrected chi connectivity index (χ0v) is 15.2. The molecular formula is C16H10ClF4N3O6. The monoisotopic (exact) mass is 451 g/mol. The summed E-state index contributed by atoms with van der Waals surface area (Å²) in [6.45, 7) is 0. The highest BCUT2D eigenvalue weighted by atomic mass is 35.5. The minimum atomic E-state index is -5.14. The molecule has 1 atom stereocenters. The molecule has 2 N–H and O–H groups in total. The molecule has 0 saturated heterocycles.